The zero-order chi connectivity index (χ0) is 13.2. The number of furan rings is 1. The Bertz CT molecular complexity index is 419. The highest BCUT2D eigenvalue weighted by molar-refractivity contribution is 5.83. The Kier molecular flexibility index (Phi) is 3.76. The Morgan fingerprint density at radius 1 is 1.50 bits per heavy atom. The van der Waals surface area contributed by atoms with Gasteiger partial charge in [0.1, 0.15) is 11.5 Å². The monoisotopic (exact) mass is 250 g/mol. The van der Waals surface area contributed by atoms with Crippen molar-refractivity contribution in [2.45, 2.75) is 45.6 Å². The van der Waals surface area contributed by atoms with E-state index >= 15 is 0 Å². The Labute approximate surface area is 108 Å². The molecule has 3 N–H and O–H groups in total. The van der Waals surface area contributed by atoms with Crippen LogP contribution in [0.4, 0.5) is 0 Å². The maximum Gasteiger partial charge on any atom is 0.228 e. The first kappa shape index (κ1) is 13.1. The molecule has 1 aliphatic rings. The number of rotatable bonds is 4. The second kappa shape index (κ2) is 5.14. The number of carbonyl (C=O) groups excluding carboxylic acids is 1. The third-order valence-electron chi connectivity index (χ3n) is 3.97. The maximum absolute atomic E-state index is 12.4. The summed E-state index contributed by atoms with van der Waals surface area (Å²) in [5.74, 6) is 1.73. The molecule has 4 nitrogen and oxygen atoms in total. The quantitative estimate of drug-likeness (QED) is 0.861. The van der Waals surface area contributed by atoms with E-state index in [1.165, 1.54) is 0 Å². The fraction of sp³-hybridized carbons (Fsp3) is 0.643. The van der Waals surface area contributed by atoms with E-state index in [1.807, 2.05) is 26.0 Å². The summed E-state index contributed by atoms with van der Waals surface area (Å²) in [5.41, 5.74) is 5.45. The van der Waals surface area contributed by atoms with Crippen LogP contribution in [0.3, 0.4) is 0 Å². The number of hydrogen-bond donors (Lipinski definition) is 2. The summed E-state index contributed by atoms with van der Waals surface area (Å²) in [6, 6.07) is 3.71. The topological polar surface area (TPSA) is 68.3 Å². The lowest BCUT2D eigenvalue weighted by Crippen LogP contribution is -2.44. The molecule has 0 aromatic carbocycles. The number of carbonyl (C=O) groups is 1. The molecule has 18 heavy (non-hydrogen) atoms. The minimum atomic E-state index is -0.351. The van der Waals surface area contributed by atoms with Crippen LogP contribution in [0.2, 0.25) is 0 Å². The first-order chi connectivity index (χ1) is 8.57. The summed E-state index contributed by atoms with van der Waals surface area (Å²) in [5, 5.41) is 3.03. The van der Waals surface area contributed by atoms with Crippen LogP contribution in [0, 0.1) is 12.3 Å². The Hall–Kier alpha value is -1.29. The smallest absolute Gasteiger partial charge is 0.228 e. The average molecular weight is 250 g/mol. The van der Waals surface area contributed by atoms with Gasteiger partial charge in [-0.25, -0.2) is 0 Å². The van der Waals surface area contributed by atoms with Crippen molar-refractivity contribution in [1.82, 2.24) is 5.32 Å². The highest BCUT2D eigenvalue weighted by atomic mass is 16.3. The Morgan fingerprint density at radius 3 is 2.67 bits per heavy atom. The second-order valence-electron chi connectivity index (χ2n) is 5.34. The number of amides is 1. The molecule has 0 aliphatic heterocycles. The molecule has 4 heteroatoms. The van der Waals surface area contributed by atoms with E-state index in [1.54, 1.807) is 0 Å². The molecule has 1 saturated carbocycles. The molecule has 100 valence electrons. The van der Waals surface area contributed by atoms with Crippen molar-refractivity contribution in [3.05, 3.63) is 23.7 Å². The maximum atomic E-state index is 12.4. The Balaban J connectivity index is 2.02. The summed E-state index contributed by atoms with van der Waals surface area (Å²) in [6.07, 6.45) is 4.00. The SMILES string of the molecule is Cc1ccc(C(C)NC(=O)C2(CN)CCCC2)o1. The molecule has 1 fully saturated rings. The van der Waals surface area contributed by atoms with E-state index in [0.29, 0.717) is 6.54 Å². The van der Waals surface area contributed by atoms with Gasteiger partial charge in [0.2, 0.25) is 5.91 Å². The third kappa shape index (κ3) is 2.43. The van der Waals surface area contributed by atoms with Crippen LogP contribution in [0.25, 0.3) is 0 Å². The molecule has 1 aromatic heterocycles. The number of hydrogen-bond acceptors (Lipinski definition) is 3. The Morgan fingerprint density at radius 2 is 2.17 bits per heavy atom. The van der Waals surface area contributed by atoms with Gasteiger partial charge in [0, 0.05) is 6.54 Å². The van der Waals surface area contributed by atoms with Crippen molar-refractivity contribution in [3.63, 3.8) is 0 Å². The molecule has 1 amide bonds. The van der Waals surface area contributed by atoms with Crippen molar-refractivity contribution in [2.24, 2.45) is 11.1 Å². The molecule has 1 atom stereocenters. The molecule has 2 rings (SSSR count). The number of nitrogens with one attached hydrogen (secondary N) is 1. The fourth-order valence-electron chi connectivity index (χ4n) is 2.68. The molecule has 1 aliphatic carbocycles. The van der Waals surface area contributed by atoms with Gasteiger partial charge in [-0.3, -0.25) is 4.79 Å². The molecular formula is C14H22N2O2. The molecular weight excluding hydrogens is 228 g/mol. The summed E-state index contributed by atoms with van der Waals surface area (Å²) in [7, 11) is 0. The van der Waals surface area contributed by atoms with E-state index < -0.39 is 0 Å². The average Bonchev–Trinajstić information content (AvgIpc) is 2.97. The molecule has 0 radical (unpaired) electrons. The normalized spacial score (nSPS) is 19.7. The fourth-order valence-corrected chi connectivity index (χ4v) is 2.68. The molecule has 0 spiro atoms. The largest absolute Gasteiger partial charge is 0.464 e. The summed E-state index contributed by atoms with van der Waals surface area (Å²) >= 11 is 0. The van der Waals surface area contributed by atoms with Crippen LogP contribution in [-0.4, -0.2) is 12.5 Å². The van der Waals surface area contributed by atoms with Crippen molar-refractivity contribution in [2.75, 3.05) is 6.54 Å². The summed E-state index contributed by atoms with van der Waals surface area (Å²) in [4.78, 5) is 12.4. The van der Waals surface area contributed by atoms with Crippen LogP contribution in [-0.2, 0) is 4.79 Å². The van der Waals surface area contributed by atoms with Gasteiger partial charge in [-0.15, -0.1) is 0 Å². The lowest BCUT2D eigenvalue weighted by molar-refractivity contribution is -0.131. The van der Waals surface area contributed by atoms with E-state index in [9.17, 15) is 4.79 Å². The van der Waals surface area contributed by atoms with Crippen LogP contribution in [0.5, 0.6) is 0 Å². The summed E-state index contributed by atoms with van der Waals surface area (Å²) < 4.78 is 5.53. The van der Waals surface area contributed by atoms with Crippen molar-refractivity contribution >= 4 is 5.91 Å². The van der Waals surface area contributed by atoms with E-state index in [0.717, 1.165) is 37.2 Å². The van der Waals surface area contributed by atoms with Crippen LogP contribution >= 0.6 is 0 Å². The highest BCUT2D eigenvalue weighted by Crippen LogP contribution is 2.37. The third-order valence-corrected chi connectivity index (χ3v) is 3.97. The zero-order valence-electron chi connectivity index (χ0n) is 11.2. The van der Waals surface area contributed by atoms with Gasteiger partial charge >= 0.3 is 0 Å². The van der Waals surface area contributed by atoms with Gasteiger partial charge < -0.3 is 15.5 Å². The van der Waals surface area contributed by atoms with Gasteiger partial charge in [0.25, 0.3) is 0 Å². The molecule has 1 aromatic rings. The molecule has 0 bridgehead atoms. The van der Waals surface area contributed by atoms with E-state index in [4.69, 9.17) is 10.2 Å². The zero-order valence-corrected chi connectivity index (χ0v) is 11.2. The molecule has 1 heterocycles. The minimum Gasteiger partial charge on any atom is -0.464 e. The predicted octanol–water partition coefficient (Wildman–Crippen LogP) is 2.28. The number of nitrogens with two attached hydrogens (primary N) is 1. The van der Waals surface area contributed by atoms with Crippen molar-refractivity contribution in [3.8, 4) is 0 Å². The van der Waals surface area contributed by atoms with Gasteiger partial charge in [-0.2, -0.15) is 0 Å². The van der Waals surface area contributed by atoms with Gasteiger partial charge in [-0.1, -0.05) is 12.8 Å². The first-order valence-electron chi connectivity index (χ1n) is 6.65. The molecule has 1 unspecified atom stereocenters. The number of aryl methyl sites for hydroxylation is 1. The molecule has 0 saturated heterocycles. The lowest BCUT2D eigenvalue weighted by Gasteiger charge is -2.27. The van der Waals surface area contributed by atoms with Crippen LogP contribution < -0.4 is 11.1 Å². The second-order valence-corrected chi connectivity index (χ2v) is 5.34. The van der Waals surface area contributed by atoms with Gasteiger partial charge in [-0.05, 0) is 38.8 Å². The van der Waals surface area contributed by atoms with Crippen molar-refractivity contribution in [1.29, 1.82) is 0 Å². The first-order valence-corrected chi connectivity index (χ1v) is 6.65. The van der Waals surface area contributed by atoms with E-state index in [2.05, 4.69) is 5.32 Å². The predicted molar refractivity (Wildman–Crippen MR) is 70.0 cm³/mol. The van der Waals surface area contributed by atoms with Gasteiger partial charge in [0.05, 0.1) is 11.5 Å². The standard InChI is InChI=1S/C14H22N2O2/c1-10-5-6-12(18-10)11(2)16-13(17)14(9-15)7-3-4-8-14/h5-6,11H,3-4,7-9,15H2,1-2H3,(H,16,17). The highest BCUT2D eigenvalue weighted by Gasteiger charge is 2.40. The van der Waals surface area contributed by atoms with Crippen LogP contribution in [0.15, 0.2) is 16.5 Å². The van der Waals surface area contributed by atoms with Gasteiger partial charge in [0.15, 0.2) is 0 Å². The van der Waals surface area contributed by atoms with Crippen molar-refractivity contribution < 1.29 is 9.21 Å². The van der Waals surface area contributed by atoms with E-state index in [-0.39, 0.29) is 17.4 Å². The summed E-state index contributed by atoms with van der Waals surface area (Å²) in [6.45, 7) is 4.27. The minimum absolute atomic E-state index is 0.0732. The van der Waals surface area contributed by atoms with Crippen LogP contribution in [0.1, 0.15) is 50.2 Å². The lowest BCUT2D eigenvalue weighted by atomic mass is 9.85.